The predicted molar refractivity (Wildman–Crippen MR) is 204 cm³/mol. The number of alkyl halides is 4. The van der Waals surface area contributed by atoms with Gasteiger partial charge >= 0.3 is 22.3 Å². The van der Waals surface area contributed by atoms with Crippen LogP contribution in [0.25, 0.3) is 32.9 Å². The number of carboxylic acid groups (broad SMARTS) is 1. The number of hydrogen-bond acceptors (Lipinski definition) is 11. The van der Waals surface area contributed by atoms with E-state index in [1.807, 2.05) is 49.1 Å². The SMILES string of the molecule is Cc1ccc(S(=O)(=O)Oc2cc(-c3cc4nc(N5CCC[C@@H](O)C5)ncc4c(C)n3)c3ccccc3c2OC[C@@]23CCCN2C[C@H](F)C3)cc1.O=C(O)C(F)(F)F. The predicted octanol–water partition coefficient (Wildman–Crippen LogP) is 6.78. The lowest BCUT2D eigenvalue weighted by Gasteiger charge is -2.32. The molecule has 17 heteroatoms. The molecule has 0 aliphatic carbocycles. The van der Waals surface area contributed by atoms with E-state index in [9.17, 15) is 31.1 Å². The molecule has 5 aromatic rings. The Hall–Kier alpha value is -5.13. The summed E-state index contributed by atoms with van der Waals surface area (Å²) in [4.78, 5) is 27.5. The van der Waals surface area contributed by atoms with Gasteiger partial charge in [0, 0.05) is 54.3 Å². The van der Waals surface area contributed by atoms with Crippen LogP contribution < -0.4 is 13.8 Å². The van der Waals surface area contributed by atoms with Gasteiger partial charge in [-0.2, -0.15) is 21.6 Å². The molecule has 8 rings (SSSR count). The molecule has 2 aromatic heterocycles. The van der Waals surface area contributed by atoms with E-state index in [2.05, 4.69) is 9.88 Å². The number of ether oxygens (including phenoxy) is 1. The molecular weight excluding hydrogens is 771 g/mol. The van der Waals surface area contributed by atoms with Crippen LogP contribution in [-0.4, -0.2) is 101 Å². The standard InChI is InChI=1S/C38H40FN5O5S.C2HF3O2/c1-24-10-12-28(13-11-24)50(46,47)49-35-17-31(33-18-34-32(25(2)41-33)20-40-37(42-34)43-15-5-7-27(45)22-43)29-8-3-4-9-30(29)36(35)48-23-38-14-6-16-44(38)21-26(39)19-38;3-2(4,5)1(6)7/h3-4,8-13,17-18,20,26-27,45H,5-7,14-16,19,21-23H2,1-2H3;(H,6,7)/t26-,27-,38+;/m1./s1. The first kappa shape index (κ1) is 40.1. The third-order valence-electron chi connectivity index (χ3n) is 10.7. The second kappa shape index (κ2) is 15.7. The van der Waals surface area contributed by atoms with Crippen molar-refractivity contribution in [2.24, 2.45) is 0 Å². The lowest BCUT2D eigenvalue weighted by atomic mass is 9.94. The molecule has 302 valence electrons. The molecule has 0 saturated carbocycles. The van der Waals surface area contributed by atoms with Gasteiger partial charge in [0.1, 0.15) is 17.7 Å². The van der Waals surface area contributed by atoms with E-state index in [1.54, 1.807) is 24.4 Å². The Labute approximate surface area is 326 Å². The molecule has 0 spiro atoms. The van der Waals surface area contributed by atoms with Crippen LogP contribution in [-0.2, 0) is 14.9 Å². The number of halogens is 4. The molecule has 0 amide bonds. The quantitative estimate of drug-likeness (QED) is 0.125. The van der Waals surface area contributed by atoms with Crippen molar-refractivity contribution in [3.63, 3.8) is 0 Å². The molecule has 3 saturated heterocycles. The summed E-state index contributed by atoms with van der Waals surface area (Å²) in [5.41, 5.74) is 3.08. The number of pyridine rings is 1. The first-order chi connectivity index (χ1) is 27.0. The van der Waals surface area contributed by atoms with Crippen molar-refractivity contribution in [2.75, 3.05) is 37.7 Å². The van der Waals surface area contributed by atoms with Crippen molar-refractivity contribution in [2.45, 2.75) is 74.8 Å². The molecule has 5 heterocycles. The van der Waals surface area contributed by atoms with E-state index in [0.29, 0.717) is 53.3 Å². The molecule has 3 atom stereocenters. The largest absolute Gasteiger partial charge is 0.490 e. The van der Waals surface area contributed by atoms with Crippen molar-refractivity contribution in [3.8, 4) is 22.8 Å². The fourth-order valence-corrected chi connectivity index (χ4v) is 8.80. The molecule has 0 radical (unpaired) electrons. The fourth-order valence-electron chi connectivity index (χ4n) is 7.88. The summed E-state index contributed by atoms with van der Waals surface area (Å²) in [7, 11) is -4.27. The Kier molecular flexibility index (Phi) is 11.0. The minimum atomic E-state index is -5.08. The highest BCUT2D eigenvalue weighted by molar-refractivity contribution is 7.87. The van der Waals surface area contributed by atoms with E-state index in [0.717, 1.165) is 55.1 Å². The average Bonchev–Trinajstić information content (AvgIpc) is 3.69. The van der Waals surface area contributed by atoms with Crippen molar-refractivity contribution < 1.29 is 49.9 Å². The van der Waals surface area contributed by atoms with Crippen LogP contribution in [0.1, 0.15) is 43.4 Å². The highest BCUT2D eigenvalue weighted by atomic mass is 32.2. The second-order valence-electron chi connectivity index (χ2n) is 14.8. The third kappa shape index (κ3) is 8.46. The summed E-state index contributed by atoms with van der Waals surface area (Å²) in [5, 5.41) is 19.6. The zero-order valence-corrected chi connectivity index (χ0v) is 32.0. The number of fused-ring (bicyclic) bond motifs is 3. The van der Waals surface area contributed by atoms with E-state index in [4.69, 9.17) is 28.8 Å². The normalized spacial score (nSPS) is 21.3. The summed E-state index contributed by atoms with van der Waals surface area (Å²) in [5.74, 6) is -1.90. The summed E-state index contributed by atoms with van der Waals surface area (Å²) in [6, 6.07) is 17.7. The first-order valence-corrected chi connectivity index (χ1v) is 19.9. The number of aryl methyl sites for hydroxylation is 2. The maximum absolute atomic E-state index is 14.7. The van der Waals surface area contributed by atoms with Crippen LogP contribution in [0.4, 0.5) is 23.5 Å². The molecule has 12 nitrogen and oxygen atoms in total. The zero-order valence-electron chi connectivity index (χ0n) is 31.2. The molecule has 57 heavy (non-hydrogen) atoms. The monoisotopic (exact) mass is 811 g/mol. The van der Waals surface area contributed by atoms with Crippen molar-refractivity contribution in [1.29, 1.82) is 0 Å². The summed E-state index contributed by atoms with van der Waals surface area (Å²) >= 11 is 0. The first-order valence-electron chi connectivity index (χ1n) is 18.5. The summed E-state index contributed by atoms with van der Waals surface area (Å²) < 4.78 is 86.6. The number of piperidine rings is 1. The van der Waals surface area contributed by atoms with E-state index in [-0.39, 0.29) is 23.0 Å². The van der Waals surface area contributed by atoms with Gasteiger partial charge in [0.05, 0.1) is 22.9 Å². The molecular formula is C40H41F4N5O7S. The number of anilines is 1. The van der Waals surface area contributed by atoms with Gasteiger partial charge in [-0.3, -0.25) is 9.88 Å². The van der Waals surface area contributed by atoms with Crippen molar-refractivity contribution >= 4 is 43.7 Å². The molecule has 3 aromatic carbocycles. The minimum Gasteiger partial charge on any atom is -0.487 e. The van der Waals surface area contributed by atoms with Crippen LogP contribution in [0.15, 0.2) is 71.8 Å². The Balaban J connectivity index is 0.000000651. The summed E-state index contributed by atoms with van der Waals surface area (Å²) in [6.07, 6.45) is -0.931. The molecule has 3 aliphatic rings. The topological polar surface area (TPSA) is 155 Å². The number of aliphatic carboxylic acids is 1. The Bertz CT molecular complexity index is 2420. The second-order valence-corrected chi connectivity index (χ2v) is 16.3. The van der Waals surface area contributed by atoms with Gasteiger partial charge in [0.25, 0.3) is 0 Å². The molecule has 0 bridgehead atoms. The van der Waals surface area contributed by atoms with E-state index < -0.39 is 40.1 Å². The number of β-amino-alcohol motifs (C(OH)–C–C–N with tert-alkyl or cyclic N) is 1. The van der Waals surface area contributed by atoms with Crippen LogP contribution in [0.5, 0.6) is 11.5 Å². The third-order valence-corrected chi connectivity index (χ3v) is 11.9. The number of aliphatic hydroxyl groups excluding tert-OH is 1. The smallest absolute Gasteiger partial charge is 0.487 e. The molecule has 3 aliphatic heterocycles. The molecule has 0 unspecified atom stereocenters. The van der Waals surface area contributed by atoms with Crippen LogP contribution in [0.3, 0.4) is 0 Å². The van der Waals surface area contributed by atoms with Gasteiger partial charge in [-0.05, 0) is 75.7 Å². The molecule has 3 fully saturated rings. The van der Waals surface area contributed by atoms with Crippen LogP contribution in [0.2, 0.25) is 0 Å². The number of carbonyl (C=O) groups is 1. The number of hydrogen-bond donors (Lipinski definition) is 2. The highest BCUT2D eigenvalue weighted by Gasteiger charge is 2.49. The molecule has 2 N–H and O–H groups in total. The number of aliphatic hydroxyl groups is 1. The maximum atomic E-state index is 14.7. The Morgan fingerprint density at radius 3 is 2.40 bits per heavy atom. The van der Waals surface area contributed by atoms with E-state index >= 15 is 0 Å². The maximum Gasteiger partial charge on any atom is 0.490 e. The van der Waals surface area contributed by atoms with E-state index in [1.165, 1.54) is 12.1 Å². The number of nitrogens with zero attached hydrogens (tertiary/aromatic N) is 5. The van der Waals surface area contributed by atoms with Crippen molar-refractivity contribution in [1.82, 2.24) is 19.9 Å². The van der Waals surface area contributed by atoms with Gasteiger partial charge in [-0.1, -0.05) is 42.0 Å². The van der Waals surface area contributed by atoms with Gasteiger partial charge in [-0.25, -0.2) is 19.2 Å². The van der Waals surface area contributed by atoms with Crippen LogP contribution in [0, 0.1) is 13.8 Å². The van der Waals surface area contributed by atoms with Gasteiger partial charge in [0.15, 0.2) is 11.5 Å². The lowest BCUT2D eigenvalue weighted by molar-refractivity contribution is -0.192. The van der Waals surface area contributed by atoms with Gasteiger partial charge in [0.2, 0.25) is 5.95 Å². The Morgan fingerprint density at radius 1 is 0.982 bits per heavy atom. The summed E-state index contributed by atoms with van der Waals surface area (Å²) in [6.45, 7) is 6.40. The average molecular weight is 812 g/mol. The van der Waals surface area contributed by atoms with Crippen molar-refractivity contribution in [3.05, 3.63) is 78.1 Å². The minimum absolute atomic E-state index is 0.0205. The van der Waals surface area contributed by atoms with Gasteiger partial charge < -0.3 is 24.0 Å². The van der Waals surface area contributed by atoms with Gasteiger partial charge in [-0.15, -0.1) is 0 Å². The number of aromatic nitrogens is 3. The highest BCUT2D eigenvalue weighted by Crippen LogP contribution is 2.46. The number of rotatable bonds is 8. The zero-order chi connectivity index (χ0) is 40.7. The number of carboxylic acids is 1. The van der Waals surface area contributed by atoms with Crippen LogP contribution >= 0.6 is 0 Å². The Morgan fingerprint density at radius 2 is 1.70 bits per heavy atom. The fraction of sp³-hybridized carbons (Fsp3) is 0.400. The lowest BCUT2D eigenvalue weighted by Crippen LogP contribution is -2.43. The number of benzene rings is 3.